The standard InChI is InChI=1S/C16H25N3O/c1-6-7-18-8-10-19(11-9-18)13(2)15-17-12-14(20-15)16(3,4)5/h1,12-13H,7-11H2,2-5H3/t13-/m0/s1. The molecule has 0 amide bonds. The van der Waals surface area contributed by atoms with Crippen molar-refractivity contribution in [1.82, 2.24) is 14.8 Å². The molecule has 0 bridgehead atoms. The first-order valence-corrected chi connectivity index (χ1v) is 7.28. The molecule has 110 valence electrons. The van der Waals surface area contributed by atoms with E-state index in [1.54, 1.807) is 0 Å². The number of hydrogen-bond acceptors (Lipinski definition) is 4. The lowest BCUT2D eigenvalue weighted by Crippen LogP contribution is -2.47. The van der Waals surface area contributed by atoms with Crippen molar-refractivity contribution in [3.05, 3.63) is 17.8 Å². The van der Waals surface area contributed by atoms with Crippen LogP contribution in [0.15, 0.2) is 10.6 Å². The summed E-state index contributed by atoms with van der Waals surface area (Å²) in [6.07, 6.45) is 7.22. The summed E-state index contributed by atoms with van der Waals surface area (Å²) in [6.45, 7) is 13.4. The van der Waals surface area contributed by atoms with Crippen molar-refractivity contribution in [1.29, 1.82) is 0 Å². The number of oxazole rings is 1. The first-order valence-electron chi connectivity index (χ1n) is 7.28. The molecule has 1 aliphatic heterocycles. The second-order valence-corrected chi connectivity index (χ2v) is 6.50. The fraction of sp³-hybridized carbons (Fsp3) is 0.688. The van der Waals surface area contributed by atoms with Gasteiger partial charge in [-0.05, 0) is 6.92 Å². The van der Waals surface area contributed by atoms with Gasteiger partial charge in [0.05, 0.1) is 18.8 Å². The second kappa shape index (κ2) is 5.99. The Morgan fingerprint density at radius 1 is 1.35 bits per heavy atom. The highest BCUT2D eigenvalue weighted by Crippen LogP contribution is 2.27. The van der Waals surface area contributed by atoms with Gasteiger partial charge in [0.15, 0.2) is 0 Å². The molecule has 0 aliphatic carbocycles. The Kier molecular flexibility index (Phi) is 4.52. The van der Waals surface area contributed by atoms with Gasteiger partial charge < -0.3 is 4.42 Å². The minimum atomic E-state index is 0.0104. The topological polar surface area (TPSA) is 32.5 Å². The van der Waals surface area contributed by atoms with Crippen LogP contribution in [0.3, 0.4) is 0 Å². The zero-order valence-electron chi connectivity index (χ0n) is 13.0. The van der Waals surface area contributed by atoms with Crippen LogP contribution in [-0.4, -0.2) is 47.5 Å². The van der Waals surface area contributed by atoms with E-state index in [-0.39, 0.29) is 11.5 Å². The van der Waals surface area contributed by atoms with Gasteiger partial charge >= 0.3 is 0 Å². The molecule has 1 saturated heterocycles. The monoisotopic (exact) mass is 275 g/mol. The molecule has 0 saturated carbocycles. The molecule has 20 heavy (non-hydrogen) atoms. The highest BCUT2D eigenvalue weighted by molar-refractivity contribution is 5.07. The molecular weight excluding hydrogens is 250 g/mol. The van der Waals surface area contributed by atoms with Crippen LogP contribution in [0.25, 0.3) is 0 Å². The molecule has 2 heterocycles. The quantitative estimate of drug-likeness (QED) is 0.792. The molecule has 0 unspecified atom stereocenters. The lowest BCUT2D eigenvalue weighted by Gasteiger charge is -2.36. The van der Waals surface area contributed by atoms with Gasteiger partial charge in [0.2, 0.25) is 5.89 Å². The van der Waals surface area contributed by atoms with E-state index in [0.29, 0.717) is 0 Å². The van der Waals surface area contributed by atoms with E-state index in [9.17, 15) is 0 Å². The number of hydrogen-bond donors (Lipinski definition) is 0. The maximum Gasteiger partial charge on any atom is 0.211 e. The fourth-order valence-electron chi connectivity index (χ4n) is 2.42. The molecule has 1 aliphatic rings. The lowest BCUT2D eigenvalue weighted by molar-refractivity contribution is 0.0978. The Bertz CT molecular complexity index is 473. The Morgan fingerprint density at radius 3 is 2.50 bits per heavy atom. The number of piperazine rings is 1. The van der Waals surface area contributed by atoms with Crippen LogP contribution in [0.1, 0.15) is 45.4 Å². The van der Waals surface area contributed by atoms with Crippen LogP contribution in [0, 0.1) is 12.3 Å². The van der Waals surface area contributed by atoms with Crippen molar-refractivity contribution in [3.8, 4) is 12.3 Å². The van der Waals surface area contributed by atoms with Crippen molar-refractivity contribution in [3.63, 3.8) is 0 Å². The van der Waals surface area contributed by atoms with Gasteiger partial charge in [0, 0.05) is 31.6 Å². The molecule has 0 spiro atoms. The molecule has 4 heteroatoms. The van der Waals surface area contributed by atoms with E-state index in [1.165, 1.54) is 0 Å². The van der Waals surface area contributed by atoms with Crippen molar-refractivity contribution < 1.29 is 4.42 Å². The minimum Gasteiger partial charge on any atom is -0.443 e. The Morgan fingerprint density at radius 2 is 2.00 bits per heavy atom. The zero-order chi connectivity index (χ0) is 14.8. The molecule has 0 aromatic carbocycles. The van der Waals surface area contributed by atoms with Gasteiger partial charge in [-0.2, -0.15) is 0 Å². The molecule has 1 fully saturated rings. The summed E-state index contributed by atoms with van der Waals surface area (Å²) in [6, 6.07) is 0.221. The molecule has 1 aromatic heterocycles. The van der Waals surface area contributed by atoms with Gasteiger partial charge in [0.25, 0.3) is 0 Å². The summed E-state index contributed by atoms with van der Waals surface area (Å²) in [5.74, 6) is 4.48. The molecule has 1 atom stereocenters. The summed E-state index contributed by atoms with van der Waals surface area (Å²) in [5, 5.41) is 0. The summed E-state index contributed by atoms with van der Waals surface area (Å²) in [4.78, 5) is 9.17. The summed E-state index contributed by atoms with van der Waals surface area (Å²) in [5.41, 5.74) is 0.0104. The Balaban J connectivity index is 1.97. The molecule has 0 radical (unpaired) electrons. The highest BCUT2D eigenvalue weighted by Gasteiger charge is 2.26. The smallest absolute Gasteiger partial charge is 0.211 e. The maximum atomic E-state index is 5.94. The van der Waals surface area contributed by atoms with E-state index in [2.05, 4.69) is 48.4 Å². The fourth-order valence-corrected chi connectivity index (χ4v) is 2.42. The minimum absolute atomic E-state index is 0.0104. The SMILES string of the molecule is C#CCN1CCN([C@@H](C)c2ncc(C(C)(C)C)o2)CC1. The van der Waals surface area contributed by atoms with Crippen LogP contribution < -0.4 is 0 Å². The Hall–Kier alpha value is -1.31. The average molecular weight is 275 g/mol. The number of nitrogens with zero attached hydrogens (tertiary/aromatic N) is 3. The highest BCUT2D eigenvalue weighted by atomic mass is 16.4. The average Bonchev–Trinajstić information content (AvgIpc) is 2.89. The second-order valence-electron chi connectivity index (χ2n) is 6.50. The number of terminal acetylenes is 1. The third kappa shape index (κ3) is 3.41. The van der Waals surface area contributed by atoms with E-state index in [4.69, 9.17) is 10.8 Å². The van der Waals surface area contributed by atoms with Crippen LogP contribution in [0.5, 0.6) is 0 Å². The van der Waals surface area contributed by atoms with Gasteiger partial charge in [-0.1, -0.05) is 26.7 Å². The summed E-state index contributed by atoms with van der Waals surface area (Å²) in [7, 11) is 0. The molecule has 4 nitrogen and oxygen atoms in total. The van der Waals surface area contributed by atoms with Gasteiger partial charge in [-0.15, -0.1) is 6.42 Å². The first kappa shape index (κ1) is 15.1. The normalized spacial score (nSPS) is 19.8. The van der Waals surface area contributed by atoms with Gasteiger partial charge in [-0.25, -0.2) is 4.98 Å². The van der Waals surface area contributed by atoms with Crippen LogP contribution >= 0.6 is 0 Å². The number of rotatable bonds is 3. The van der Waals surface area contributed by atoms with Crippen LogP contribution in [0.4, 0.5) is 0 Å². The van der Waals surface area contributed by atoms with Crippen molar-refractivity contribution in [2.75, 3.05) is 32.7 Å². The summed E-state index contributed by atoms with van der Waals surface area (Å²) >= 11 is 0. The van der Waals surface area contributed by atoms with E-state index < -0.39 is 0 Å². The number of aromatic nitrogens is 1. The zero-order valence-corrected chi connectivity index (χ0v) is 13.0. The molecular formula is C16H25N3O. The predicted molar refractivity (Wildman–Crippen MR) is 80.5 cm³/mol. The third-order valence-electron chi connectivity index (χ3n) is 3.89. The van der Waals surface area contributed by atoms with E-state index in [1.807, 2.05) is 6.20 Å². The molecule has 2 rings (SSSR count). The molecule has 1 aromatic rings. The van der Waals surface area contributed by atoms with Crippen molar-refractivity contribution in [2.45, 2.75) is 39.2 Å². The molecule has 0 N–H and O–H groups in total. The summed E-state index contributed by atoms with van der Waals surface area (Å²) < 4.78 is 5.94. The van der Waals surface area contributed by atoms with Crippen molar-refractivity contribution in [2.24, 2.45) is 0 Å². The van der Waals surface area contributed by atoms with E-state index in [0.717, 1.165) is 44.4 Å². The van der Waals surface area contributed by atoms with Crippen molar-refractivity contribution >= 4 is 0 Å². The predicted octanol–water partition coefficient (Wildman–Crippen LogP) is 2.28. The lowest BCUT2D eigenvalue weighted by atomic mass is 9.94. The Labute approximate surface area is 122 Å². The van der Waals surface area contributed by atoms with Crippen LogP contribution in [-0.2, 0) is 5.41 Å². The third-order valence-corrected chi connectivity index (χ3v) is 3.89. The van der Waals surface area contributed by atoms with Gasteiger partial charge in [0.1, 0.15) is 5.76 Å². The van der Waals surface area contributed by atoms with Crippen LogP contribution in [0.2, 0.25) is 0 Å². The van der Waals surface area contributed by atoms with E-state index >= 15 is 0 Å². The maximum absolute atomic E-state index is 5.94. The van der Waals surface area contributed by atoms with Gasteiger partial charge in [-0.3, -0.25) is 9.80 Å². The first-order chi connectivity index (χ1) is 9.41. The largest absolute Gasteiger partial charge is 0.443 e.